The topological polar surface area (TPSA) is 111 Å². The van der Waals surface area contributed by atoms with Crippen LogP contribution in [0.5, 0.6) is 0 Å². The van der Waals surface area contributed by atoms with Crippen LogP contribution >= 0.6 is 11.8 Å². The SMILES string of the molecule is COCC[n+]1cc(/N=C(/[O-])CSc2nc(-c3ccccc3)cc(C(F)(F)F)c2C#N)on1. The second-order valence-corrected chi connectivity index (χ2v) is 7.27. The molecule has 166 valence electrons. The summed E-state index contributed by atoms with van der Waals surface area (Å²) in [5, 5.41) is 25.0. The van der Waals surface area contributed by atoms with E-state index in [9.17, 15) is 23.5 Å². The summed E-state index contributed by atoms with van der Waals surface area (Å²) in [4.78, 5) is 7.92. The Morgan fingerprint density at radius 2 is 2.09 bits per heavy atom. The number of hydrogen-bond donors (Lipinski definition) is 0. The van der Waals surface area contributed by atoms with Crippen molar-refractivity contribution >= 4 is 23.5 Å². The molecular formula is C20H16F3N5O3S. The van der Waals surface area contributed by atoms with Crippen molar-refractivity contribution in [3.8, 4) is 17.3 Å². The van der Waals surface area contributed by atoms with Crippen LogP contribution in [0.25, 0.3) is 11.3 Å². The Balaban J connectivity index is 1.88. The molecule has 0 N–H and O–H groups in total. The van der Waals surface area contributed by atoms with Crippen molar-refractivity contribution in [1.29, 1.82) is 5.26 Å². The minimum Gasteiger partial charge on any atom is -0.861 e. The smallest absolute Gasteiger partial charge is 0.417 e. The van der Waals surface area contributed by atoms with Gasteiger partial charge in [0.1, 0.15) is 17.7 Å². The predicted octanol–water partition coefficient (Wildman–Crippen LogP) is 2.74. The first-order valence-corrected chi connectivity index (χ1v) is 10.1. The van der Waals surface area contributed by atoms with Gasteiger partial charge in [-0.3, -0.25) is 4.52 Å². The Morgan fingerprint density at radius 1 is 1.34 bits per heavy atom. The Kier molecular flexibility index (Phi) is 7.45. The molecule has 3 rings (SSSR count). The van der Waals surface area contributed by atoms with Gasteiger partial charge < -0.3 is 9.84 Å². The van der Waals surface area contributed by atoms with E-state index >= 15 is 0 Å². The van der Waals surface area contributed by atoms with Crippen LogP contribution in [0.15, 0.2) is 57.1 Å². The Morgan fingerprint density at radius 3 is 2.75 bits per heavy atom. The van der Waals surface area contributed by atoms with Gasteiger partial charge in [-0.2, -0.15) is 18.4 Å². The van der Waals surface area contributed by atoms with Crippen molar-refractivity contribution in [2.45, 2.75) is 17.7 Å². The maximum Gasteiger partial charge on any atom is 0.417 e. The number of thioether (sulfide) groups is 1. The molecule has 8 nitrogen and oxygen atoms in total. The summed E-state index contributed by atoms with van der Waals surface area (Å²) in [6, 6.07) is 10.6. The van der Waals surface area contributed by atoms with Gasteiger partial charge in [-0.1, -0.05) is 42.1 Å². The molecule has 0 atom stereocenters. The summed E-state index contributed by atoms with van der Waals surface area (Å²) >= 11 is 0.693. The number of nitrogens with zero attached hydrogens (tertiary/aromatic N) is 5. The molecule has 0 aliphatic carbocycles. The third-order valence-electron chi connectivity index (χ3n) is 4.06. The summed E-state index contributed by atoms with van der Waals surface area (Å²) in [7, 11) is 1.52. The van der Waals surface area contributed by atoms with E-state index in [1.165, 1.54) is 18.0 Å². The molecule has 0 saturated carbocycles. The minimum atomic E-state index is -4.77. The summed E-state index contributed by atoms with van der Waals surface area (Å²) < 4.78 is 52.0. The van der Waals surface area contributed by atoms with E-state index in [1.54, 1.807) is 36.4 Å². The molecule has 2 heterocycles. The Bertz CT molecular complexity index is 1140. The fourth-order valence-corrected chi connectivity index (χ4v) is 3.40. The van der Waals surface area contributed by atoms with Crippen LogP contribution in [0.1, 0.15) is 11.1 Å². The first-order chi connectivity index (χ1) is 15.3. The summed E-state index contributed by atoms with van der Waals surface area (Å²) in [5.74, 6) is -1.10. The van der Waals surface area contributed by atoms with E-state index in [0.29, 0.717) is 30.5 Å². The van der Waals surface area contributed by atoms with E-state index < -0.39 is 23.2 Å². The number of hydrogen-bond acceptors (Lipinski definition) is 8. The molecule has 12 heteroatoms. The molecule has 0 saturated heterocycles. The monoisotopic (exact) mass is 463 g/mol. The average Bonchev–Trinajstić information content (AvgIpc) is 3.22. The van der Waals surface area contributed by atoms with Crippen molar-refractivity contribution in [1.82, 2.24) is 10.3 Å². The zero-order valence-electron chi connectivity index (χ0n) is 16.7. The molecular weight excluding hydrogens is 447 g/mol. The van der Waals surface area contributed by atoms with Crippen LogP contribution in [0.3, 0.4) is 0 Å². The normalized spacial score (nSPS) is 12.0. The Labute approximate surface area is 184 Å². The first kappa shape index (κ1) is 23.2. The second-order valence-electron chi connectivity index (χ2n) is 6.30. The van der Waals surface area contributed by atoms with Gasteiger partial charge in [0.25, 0.3) is 6.20 Å². The lowest BCUT2D eigenvalue weighted by molar-refractivity contribution is -0.763. The van der Waals surface area contributed by atoms with Gasteiger partial charge in [0.2, 0.25) is 11.8 Å². The van der Waals surface area contributed by atoms with Crippen LogP contribution in [0.4, 0.5) is 19.1 Å². The summed E-state index contributed by atoms with van der Waals surface area (Å²) in [6.07, 6.45) is -3.38. The zero-order valence-corrected chi connectivity index (χ0v) is 17.5. The lowest BCUT2D eigenvalue weighted by Crippen LogP contribution is -2.36. The van der Waals surface area contributed by atoms with E-state index in [4.69, 9.17) is 9.26 Å². The third-order valence-corrected chi connectivity index (χ3v) is 5.02. The van der Waals surface area contributed by atoms with Gasteiger partial charge in [-0.25, -0.2) is 9.98 Å². The maximum atomic E-state index is 13.6. The van der Waals surface area contributed by atoms with Crippen LogP contribution < -0.4 is 9.79 Å². The molecule has 0 spiro atoms. The molecule has 32 heavy (non-hydrogen) atoms. The van der Waals surface area contributed by atoms with E-state index in [0.717, 1.165) is 6.07 Å². The number of aromatic nitrogens is 3. The highest BCUT2D eigenvalue weighted by Gasteiger charge is 2.36. The van der Waals surface area contributed by atoms with Gasteiger partial charge in [0.05, 0.1) is 16.8 Å². The molecule has 0 bridgehead atoms. The number of pyridine rings is 1. The molecule has 0 amide bonds. The predicted molar refractivity (Wildman–Crippen MR) is 106 cm³/mol. The van der Waals surface area contributed by atoms with Gasteiger partial charge in [-0.15, -0.1) is 0 Å². The van der Waals surface area contributed by atoms with Crippen molar-refractivity contribution in [3.05, 3.63) is 53.7 Å². The highest BCUT2D eigenvalue weighted by atomic mass is 32.2. The van der Waals surface area contributed by atoms with Crippen LogP contribution in [-0.2, 0) is 17.5 Å². The van der Waals surface area contributed by atoms with Crippen molar-refractivity contribution in [2.75, 3.05) is 19.5 Å². The first-order valence-electron chi connectivity index (χ1n) is 9.12. The van der Waals surface area contributed by atoms with Crippen molar-refractivity contribution in [2.24, 2.45) is 4.99 Å². The summed E-state index contributed by atoms with van der Waals surface area (Å²) in [6.45, 7) is 0.767. The van der Waals surface area contributed by atoms with Crippen LogP contribution in [0, 0.1) is 11.3 Å². The van der Waals surface area contributed by atoms with Crippen molar-refractivity contribution in [3.63, 3.8) is 0 Å². The van der Waals surface area contributed by atoms with E-state index in [1.807, 2.05) is 0 Å². The number of nitriles is 1. The Hall–Kier alpha value is -3.43. The number of ether oxygens (including phenoxy) is 1. The standard InChI is InChI=1S/C20H16F3N5O3S/c1-30-8-7-28-11-18(31-27-28)26-17(29)12-32-19-14(10-24)15(20(21,22)23)9-16(25-19)13-5-3-2-4-6-13/h2-6,9,11H,7-8,12H2,1H3. The van der Waals surface area contributed by atoms with Gasteiger partial charge in [-0.05, 0) is 16.6 Å². The second kappa shape index (κ2) is 10.3. The molecule has 0 unspecified atom stereocenters. The lowest BCUT2D eigenvalue weighted by atomic mass is 10.1. The van der Waals surface area contributed by atoms with Crippen molar-refractivity contribution < 1.29 is 32.2 Å². The number of aliphatic imine (C=N–C) groups is 1. The summed E-state index contributed by atoms with van der Waals surface area (Å²) in [5.41, 5.74) is -1.27. The molecule has 1 aromatic carbocycles. The number of halogens is 3. The quantitative estimate of drug-likeness (QED) is 0.219. The minimum absolute atomic E-state index is 0.0400. The fraction of sp³-hybridized carbons (Fsp3) is 0.250. The van der Waals surface area contributed by atoms with E-state index in [2.05, 4.69) is 15.2 Å². The molecule has 3 aromatic rings. The molecule has 2 aromatic heterocycles. The molecule has 0 radical (unpaired) electrons. The van der Waals surface area contributed by atoms with Crippen LogP contribution in [0.2, 0.25) is 0 Å². The number of alkyl halides is 3. The highest BCUT2D eigenvalue weighted by Crippen LogP contribution is 2.37. The van der Waals surface area contributed by atoms with Gasteiger partial charge >= 0.3 is 12.1 Å². The average molecular weight is 463 g/mol. The van der Waals surface area contributed by atoms with Gasteiger partial charge in [0, 0.05) is 18.4 Å². The molecule has 0 aliphatic rings. The zero-order chi connectivity index (χ0) is 23.1. The largest absolute Gasteiger partial charge is 0.861 e. The molecule has 0 aliphatic heterocycles. The number of methoxy groups -OCH3 is 1. The fourth-order valence-electron chi connectivity index (χ4n) is 2.61. The molecule has 0 fully saturated rings. The maximum absolute atomic E-state index is 13.6. The van der Waals surface area contributed by atoms with E-state index in [-0.39, 0.29) is 22.4 Å². The van der Waals surface area contributed by atoms with Crippen LogP contribution in [-0.4, -0.2) is 35.6 Å². The number of benzene rings is 1. The number of rotatable bonds is 8. The van der Waals surface area contributed by atoms with Gasteiger partial charge in [0.15, 0.2) is 0 Å². The third kappa shape index (κ3) is 5.83. The highest BCUT2D eigenvalue weighted by molar-refractivity contribution is 7.99. The lowest BCUT2D eigenvalue weighted by Gasteiger charge is -2.15.